The van der Waals surface area contributed by atoms with Gasteiger partial charge in [-0.3, -0.25) is 0 Å². The standard InChI is InChI=1S/C11H12BrN3O/c1-16-9-5-4-8-11(10(9)12)13-14-15(8)6-7-2-3-7/h4-5,7H,2-3,6H2,1H3. The molecule has 0 saturated heterocycles. The Bertz CT molecular complexity index is 533. The van der Waals surface area contributed by atoms with Crippen LogP contribution >= 0.6 is 15.9 Å². The Hall–Kier alpha value is -1.10. The fourth-order valence-electron chi connectivity index (χ4n) is 1.82. The van der Waals surface area contributed by atoms with E-state index >= 15 is 0 Å². The first-order valence-electron chi connectivity index (χ1n) is 5.35. The van der Waals surface area contributed by atoms with Crippen LogP contribution < -0.4 is 4.74 Å². The molecule has 84 valence electrons. The number of methoxy groups -OCH3 is 1. The van der Waals surface area contributed by atoms with Crippen molar-refractivity contribution in [2.45, 2.75) is 19.4 Å². The number of nitrogens with zero attached hydrogens (tertiary/aromatic N) is 3. The monoisotopic (exact) mass is 281 g/mol. The summed E-state index contributed by atoms with van der Waals surface area (Å²) < 4.78 is 8.10. The minimum atomic E-state index is 0.797. The first-order valence-corrected chi connectivity index (χ1v) is 6.14. The van der Waals surface area contributed by atoms with Crippen molar-refractivity contribution in [2.24, 2.45) is 5.92 Å². The zero-order valence-electron chi connectivity index (χ0n) is 8.98. The minimum absolute atomic E-state index is 0.797. The van der Waals surface area contributed by atoms with E-state index in [1.54, 1.807) is 7.11 Å². The molecule has 0 N–H and O–H groups in total. The smallest absolute Gasteiger partial charge is 0.135 e. The zero-order valence-corrected chi connectivity index (χ0v) is 10.6. The lowest BCUT2D eigenvalue weighted by molar-refractivity contribution is 0.413. The van der Waals surface area contributed by atoms with Gasteiger partial charge < -0.3 is 4.74 Å². The molecular weight excluding hydrogens is 270 g/mol. The highest BCUT2D eigenvalue weighted by Gasteiger charge is 2.23. The van der Waals surface area contributed by atoms with Crippen LogP contribution in [0.15, 0.2) is 16.6 Å². The molecule has 0 radical (unpaired) electrons. The Morgan fingerprint density at radius 2 is 2.31 bits per heavy atom. The van der Waals surface area contributed by atoms with Crippen molar-refractivity contribution in [3.63, 3.8) is 0 Å². The molecule has 0 bridgehead atoms. The molecule has 1 aliphatic rings. The zero-order chi connectivity index (χ0) is 11.1. The van der Waals surface area contributed by atoms with E-state index in [4.69, 9.17) is 4.74 Å². The second kappa shape index (κ2) is 3.73. The van der Waals surface area contributed by atoms with E-state index in [0.29, 0.717) is 0 Å². The van der Waals surface area contributed by atoms with E-state index in [2.05, 4.69) is 26.2 Å². The highest BCUT2D eigenvalue weighted by molar-refractivity contribution is 9.10. The number of benzene rings is 1. The number of fused-ring (bicyclic) bond motifs is 1. The van der Waals surface area contributed by atoms with Crippen LogP contribution in [0.1, 0.15) is 12.8 Å². The third-order valence-corrected chi connectivity index (χ3v) is 3.70. The predicted octanol–water partition coefficient (Wildman–Crippen LogP) is 2.61. The molecule has 0 amide bonds. The average Bonchev–Trinajstić information content (AvgIpc) is 3.00. The van der Waals surface area contributed by atoms with Gasteiger partial charge in [0.1, 0.15) is 11.3 Å². The molecule has 1 aromatic heterocycles. The van der Waals surface area contributed by atoms with Crippen LogP contribution in [-0.4, -0.2) is 22.1 Å². The SMILES string of the molecule is COc1ccc2c(nnn2CC2CC2)c1Br. The van der Waals surface area contributed by atoms with E-state index < -0.39 is 0 Å². The van der Waals surface area contributed by atoms with Crippen LogP contribution in [0, 0.1) is 5.92 Å². The van der Waals surface area contributed by atoms with Gasteiger partial charge in [-0.05, 0) is 46.8 Å². The Kier molecular flexibility index (Phi) is 2.35. The second-order valence-corrected chi connectivity index (χ2v) is 4.96. The van der Waals surface area contributed by atoms with Crippen molar-refractivity contribution in [3.8, 4) is 5.75 Å². The van der Waals surface area contributed by atoms with Gasteiger partial charge in [0.15, 0.2) is 0 Å². The van der Waals surface area contributed by atoms with Crippen LogP contribution in [0.2, 0.25) is 0 Å². The van der Waals surface area contributed by atoms with Crippen molar-refractivity contribution in [1.82, 2.24) is 15.0 Å². The van der Waals surface area contributed by atoms with Gasteiger partial charge in [-0.15, -0.1) is 5.10 Å². The number of hydrogen-bond acceptors (Lipinski definition) is 3. The van der Waals surface area contributed by atoms with Gasteiger partial charge in [-0.2, -0.15) is 0 Å². The van der Waals surface area contributed by atoms with Gasteiger partial charge in [0, 0.05) is 6.54 Å². The molecule has 0 atom stereocenters. The maximum absolute atomic E-state index is 5.23. The first-order chi connectivity index (χ1) is 7.79. The molecule has 0 spiro atoms. The summed E-state index contributed by atoms with van der Waals surface area (Å²) in [5.41, 5.74) is 1.94. The molecule has 4 nitrogen and oxygen atoms in total. The fraction of sp³-hybridized carbons (Fsp3) is 0.455. The van der Waals surface area contributed by atoms with Gasteiger partial charge >= 0.3 is 0 Å². The van der Waals surface area contributed by atoms with Gasteiger partial charge in [0.05, 0.1) is 17.1 Å². The van der Waals surface area contributed by atoms with Crippen molar-refractivity contribution >= 4 is 27.0 Å². The summed E-state index contributed by atoms with van der Waals surface area (Å²) in [5.74, 6) is 1.59. The van der Waals surface area contributed by atoms with Crippen LogP contribution in [0.3, 0.4) is 0 Å². The first kappa shape index (κ1) is 10.1. The number of hydrogen-bond donors (Lipinski definition) is 0. The Morgan fingerprint density at radius 3 is 3.00 bits per heavy atom. The predicted molar refractivity (Wildman–Crippen MR) is 64.5 cm³/mol. The van der Waals surface area contributed by atoms with Crippen molar-refractivity contribution in [3.05, 3.63) is 16.6 Å². The lowest BCUT2D eigenvalue weighted by Crippen LogP contribution is -2.01. The molecule has 0 aliphatic heterocycles. The largest absolute Gasteiger partial charge is 0.495 e. The third kappa shape index (κ3) is 1.59. The van der Waals surface area contributed by atoms with E-state index in [1.165, 1.54) is 12.8 Å². The molecule has 1 aliphatic carbocycles. The normalized spacial score (nSPS) is 15.6. The van der Waals surface area contributed by atoms with Crippen molar-refractivity contribution in [2.75, 3.05) is 7.11 Å². The maximum atomic E-state index is 5.23. The molecular formula is C11H12BrN3O. The molecule has 0 unspecified atom stereocenters. The molecule has 3 rings (SSSR count). The van der Waals surface area contributed by atoms with Gasteiger partial charge in [0.25, 0.3) is 0 Å². The second-order valence-electron chi connectivity index (χ2n) is 4.16. The lowest BCUT2D eigenvalue weighted by Gasteiger charge is -2.04. The summed E-state index contributed by atoms with van der Waals surface area (Å²) in [7, 11) is 1.65. The van der Waals surface area contributed by atoms with E-state index in [1.807, 2.05) is 16.8 Å². The highest BCUT2D eigenvalue weighted by Crippen LogP contribution is 2.34. The van der Waals surface area contributed by atoms with Crippen molar-refractivity contribution in [1.29, 1.82) is 0 Å². The third-order valence-electron chi connectivity index (χ3n) is 2.94. The molecule has 16 heavy (non-hydrogen) atoms. The average molecular weight is 282 g/mol. The molecule has 1 heterocycles. The van der Waals surface area contributed by atoms with Gasteiger partial charge in [-0.25, -0.2) is 4.68 Å². The van der Waals surface area contributed by atoms with Crippen LogP contribution in [0.4, 0.5) is 0 Å². The quantitative estimate of drug-likeness (QED) is 0.868. The van der Waals surface area contributed by atoms with Gasteiger partial charge in [-0.1, -0.05) is 5.21 Å². The minimum Gasteiger partial charge on any atom is -0.495 e. The number of rotatable bonds is 3. The Labute approximate surface area is 102 Å². The molecule has 1 fully saturated rings. The molecule has 1 saturated carbocycles. The molecule has 2 aromatic rings. The summed E-state index contributed by atoms with van der Waals surface area (Å²) in [4.78, 5) is 0. The Balaban J connectivity index is 2.09. The molecule has 5 heteroatoms. The van der Waals surface area contributed by atoms with E-state index in [9.17, 15) is 0 Å². The Morgan fingerprint density at radius 1 is 1.50 bits per heavy atom. The van der Waals surface area contributed by atoms with E-state index in [-0.39, 0.29) is 0 Å². The van der Waals surface area contributed by atoms with Crippen LogP contribution in [0.5, 0.6) is 5.75 Å². The van der Waals surface area contributed by atoms with Crippen LogP contribution in [0.25, 0.3) is 11.0 Å². The van der Waals surface area contributed by atoms with Crippen molar-refractivity contribution < 1.29 is 4.74 Å². The van der Waals surface area contributed by atoms with E-state index in [0.717, 1.165) is 33.7 Å². The summed E-state index contributed by atoms with van der Waals surface area (Å²) >= 11 is 3.50. The fourth-order valence-corrected chi connectivity index (χ4v) is 2.40. The van der Waals surface area contributed by atoms with Crippen LogP contribution in [-0.2, 0) is 6.54 Å². The summed E-state index contributed by atoms with van der Waals surface area (Å²) in [6, 6.07) is 3.96. The summed E-state index contributed by atoms with van der Waals surface area (Å²) in [6.45, 7) is 0.981. The molecule has 1 aromatic carbocycles. The maximum Gasteiger partial charge on any atom is 0.135 e. The highest BCUT2D eigenvalue weighted by atomic mass is 79.9. The number of ether oxygens (including phenoxy) is 1. The summed E-state index contributed by atoms with van der Waals surface area (Å²) in [5, 5.41) is 8.39. The number of halogens is 1. The lowest BCUT2D eigenvalue weighted by atomic mass is 10.3. The number of aromatic nitrogens is 3. The topological polar surface area (TPSA) is 39.9 Å². The van der Waals surface area contributed by atoms with Gasteiger partial charge in [0.2, 0.25) is 0 Å². The summed E-state index contributed by atoms with van der Waals surface area (Å²) in [6.07, 6.45) is 2.64.